The number of furan rings is 1. The van der Waals surface area contributed by atoms with Gasteiger partial charge in [-0.05, 0) is 36.4 Å². The van der Waals surface area contributed by atoms with Crippen LogP contribution in [0.3, 0.4) is 0 Å². The molecule has 0 spiro atoms. The fourth-order valence-electron chi connectivity index (χ4n) is 4.95. The molecule has 0 unspecified atom stereocenters. The van der Waals surface area contributed by atoms with Crippen molar-refractivity contribution in [2.45, 2.75) is 0 Å². The fourth-order valence-corrected chi connectivity index (χ4v) is 4.95. The van der Waals surface area contributed by atoms with E-state index in [9.17, 15) is 4.79 Å². The number of aromatic nitrogens is 1. The van der Waals surface area contributed by atoms with Gasteiger partial charge in [0.2, 0.25) is 5.75 Å². The molecule has 6 rings (SSSR count). The van der Waals surface area contributed by atoms with E-state index < -0.39 is 0 Å². The Morgan fingerprint density at radius 1 is 0.700 bits per heavy atom. The van der Waals surface area contributed by atoms with Gasteiger partial charge in [0, 0.05) is 27.8 Å². The lowest BCUT2D eigenvalue weighted by Gasteiger charge is -2.15. The smallest absolute Gasteiger partial charge is 0.256 e. The Morgan fingerprint density at radius 3 is 2.08 bits per heavy atom. The number of carbonyl (C=O) groups is 1. The molecule has 0 atom stereocenters. The average Bonchev–Trinajstić information content (AvgIpc) is 3.36. The molecule has 4 aromatic carbocycles. The highest BCUT2D eigenvalue weighted by Gasteiger charge is 2.20. The molecular formula is C32H26N2O6. The summed E-state index contributed by atoms with van der Waals surface area (Å²) in [7, 11) is 6.23. The number of nitrogens with zero attached hydrogens (tertiary/aromatic N) is 1. The summed E-state index contributed by atoms with van der Waals surface area (Å²) >= 11 is 0. The predicted molar refractivity (Wildman–Crippen MR) is 155 cm³/mol. The number of hydrogen-bond acceptors (Lipinski definition) is 7. The van der Waals surface area contributed by atoms with Crippen LogP contribution in [0.4, 0.5) is 5.69 Å². The molecule has 0 aliphatic rings. The van der Waals surface area contributed by atoms with Crippen molar-refractivity contribution in [1.82, 2.24) is 4.98 Å². The topological polar surface area (TPSA) is 92.1 Å². The van der Waals surface area contributed by atoms with E-state index in [0.29, 0.717) is 62.0 Å². The van der Waals surface area contributed by atoms with Gasteiger partial charge in [0.1, 0.15) is 16.9 Å². The number of pyridine rings is 1. The van der Waals surface area contributed by atoms with Crippen LogP contribution in [-0.4, -0.2) is 39.3 Å². The van der Waals surface area contributed by atoms with E-state index in [0.717, 1.165) is 16.4 Å². The van der Waals surface area contributed by atoms with Crippen molar-refractivity contribution in [2.24, 2.45) is 0 Å². The molecule has 2 aromatic heterocycles. The first-order valence-electron chi connectivity index (χ1n) is 12.6. The van der Waals surface area contributed by atoms with Crippen LogP contribution in [0.1, 0.15) is 10.4 Å². The number of ether oxygens (including phenoxy) is 4. The number of para-hydroxylation sites is 2. The van der Waals surface area contributed by atoms with Crippen molar-refractivity contribution in [1.29, 1.82) is 0 Å². The summed E-state index contributed by atoms with van der Waals surface area (Å²) in [5.41, 5.74) is 4.29. The molecule has 1 amide bonds. The van der Waals surface area contributed by atoms with Crippen LogP contribution in [0, 0.1) is 0 Å². The Kier molecular flexibility index (Phi) is 6.36. The second kappa shape index (κ2) is 10.1. The molecule has 0 radical (unpaired) electrons. The molecule has 8 nitrogen and oxygen atoms in total. The quantitative estimate of drug-likeness (QED) is 0.234. The maximum atomic E-state index is 13.8. The maximum absolute atomic E-state index is 13.8. The second-order valence-corrected chi connectivity index (χ2v) is 9.09. The summed E-state index contributed by atoms with van der Waals surface area (Å²) in [5.74, 6) is 1.65. The number of hydrogen-bond donors (Lipinski definition) is 1. The SMILES string of the molecule is COc1cc2c(cc1NC(=O)c1cc(-c3cc(OC)c(OC)c(OC)c3)nc3ccccc13)oc1ccccc12. The molecule has 0 aliphatic heterocycles. The third-order valence-electron chi connectivity index (χ3n) is 6.87. The van der Waals surface area contributed by atoms with Crippen LogP contribution in [0.5, 0.6) is 23.0 Å². The van der Waals surface area contributed by atoms with Gasteiger partial charge in [0.15, 0.2) is 11.5 Å². The minimum Gasteiger partial charge on any atom is -0.495 e. The van der Waals surface area contributed by atoms with Crippen molar-refractivity contribution in [3.63, 3.8) is 0 Å². The van der Waals surface area contributed by atoms with Crippen molar-refractivity contribution in [3.05, 3.63) is 84.4 Å². The number of amides is 1. The van der Waals surface area contributed by atoms with E-state index in [-0.39, 0.29) is 5.91 Å². The molecule has 6 aromatic rings. The number of carbonyl (C=O) groups excluding carboxylic acids is 1. The summed E-state index contributed by atoms with van der Waals surface area (Å²) in [6, 6.07) is 24.3. The normalized spacial score (nSPS) is 11.1. The first-order chi connectivity index (χ1) is 19.5. The van der Waals surface area contributed by atoms with Crippen LogP contribution in [0.15, 0.2) is 83.3 Å². The highest BCUT2D eigenvalue weighted by molar-refractivity contribution is 6.15. The van der Waals surface area contributed by atoms with E-state index in [1.807, 2.05) is 54.6 Å². The van der Waals surface area contributed by atoms with Gasteiger partial charge >= 0.3 is 0 Å². The molecule has 2 heterocycles. The summed E-state index contributed by atoms with van der Waals surface area (Å²) in [5, 5.41) is 5.62. The summed E-state index contributed by atoms with van der Waals surface area (Å²) in [6.45, 7) is 0. The fraction of sp³-hybridized carbons (Fsp3) is 0.125. The maximum Gasteiger partial charge on any atom is 0.256 e. The Hall–Kier alpha value is -5.24. The monoisotopic (exact) mass is 534 g/mol. The van der Waals surface area contributed by atoms with Crippen LogP contribution < -0.4 is 24.3 Å². The van der Waals surface area contributed by atoms with Crippen LogP contribution in [0.2, 0.25) is 0 Å². The largest absolute Gasteiger partial charge is 0.495 e. The van der Waals surface area contributed by atoms with Crippen molar-refractivity contribution in [2.75, 3.05) is 33.8 Å². The second-order valence-electron chi connectivity index (χ2n) is 9.09. The van der Waals surface area contributed by atoms with Gasteiger partial charge in [-0.25, -0.2) is 4.98 Å². The summed E-state index contributed by atoms with van der Waals surface area (Å²) < 4.78 is 28.2. The summed E-state index contributed by atoms with van der Waals surface area (Å²) in [4.78, 5) is 18.7. The number of rotatable bonds is 7. The van der Waals surface area contributed by atoms with Gasteiger partial charge in [-0.3, -0.25) is 4.79 Å². The van der Waals surface area contributed by atoms with Crippen molar-refractivity contribution < 1.29 is 28.2 Å². The lowest BCUT2D eigenvalue weighted by molar-refractivity contribution is 0.102. The third-order valence-corrected chi connectivity index (χ3v) is 6.87. The molecule has 0 aliphatic carbocycles. The minimum atomic E-state index is -0.318. The van der Waals surface area contributed by atoms with Crippen LogP contribution >= 0.6 is 0 Å². The highest BCUT2D eigenvalue weighted by atomic mass is 16.5. The molecule has 8 heteroatoms. The van der Waals surface area contributed by atoms with Gasteiger partial charge in [-0.15, -0.1) is 0 Å². The number of anilines is 1. The molecule has 0 fully saturated rings. The Labute approximate surface area is 230 Å². The zero-order chi connectivity index (χ0) is 27.8. The van der Waals surface area contributed by atoms with E-state index in [4.69, 9.17) is 28.3 Å². The van der Waals surface area contributed by atoms with Gasteiger partial charge < -0.3 is 28.7 Å². The van der Waals surface area contributed by atoms with Gasteiger partial charge in [-0.1, -0.05) is 36.4 Å². The Bertz CT molecular complexity index is 1880. The van der Waals surface area contributed by atoms with Crippen LogP contribution in [-0.2, 0) is 0 Å². The molecule has 0 saturated heterocycles. The first-order valence-corrected chi connectivity index (χ1v) is 12.6. The van der Waals surface area contributed by atoms with Gasteiger partial charge in [0.25, 0.3) is 5.91 Å². The first kappa shape index (κ1) is 25.1. The lowest BCUT2D eigenvalue weighted by Crippen LogP contribution is -2.14. The molecular weight excluding hydrogens is 508 g/mol. The van der Waals surface area contributed by atoms with E-state index >= 15 is 0 Å². The van der Waals surface area contributed by atoms with Crippen molar-refractivity contribution in [3.8, 4) is 34.3 Å². The zero-order valence-electron chi connectivity index (χ0n) is 22.4. The van der Waals surface area contributed by atoms with E-state index in [1.165, 1.54) is 0 Å². The standard InChI is InChI=1S/C32H26N2O6/c1-36-28-16-21-20-10-6-8-12-26(20)40-27(21)17-25(28)34-32(35)22-15-24(33-23-11-7-5-9-19(22)23)18-13-29(37-2)31(39-4)30(14-18)38-3/h5-17H,1-4H3,(H,34,35). The van der Waals surface area contributed by atoms with E-state index in [2.05, 4.69) is 5.32 Å². The molecule has 1 N–H and O–H groups in total. The highest BCUT2D eigenvalue weighted by Crippen LogP contribution is 2.42. The molecule has 200 valence electrons. The van der Waals surface area contributed by atoms with Gasteiger partial charge in [-0.2, -0.15) is 0 Å². The zero-order valence-corrected chi connectivity index (χ0v) is 22.4. The average molecular weight is 535 g/mol. The lowest BCUT2D eigenvalue weighted by atomic mass is 10.0. The van der Waals surface area contributed by atoms with Gasteiger partial charge in [0.05, 0.1) is 50.9 Å². The predicted octanol–water partition coefficient (Wildman–Crippen LogP) is 7.09. The number of benzene rings is 4. The van der Waals surface area contributed by atoms with Crippen LogP contribution in [0.25, 0.3) is 44.1 Å². The minimum absolute atomic E-state index is 0.318. The molecule has 0 bridgehead atoms. The summed E-state index contributed by atoms with van der Waals surface area (Å²) in [6.07, 6.45) is 0. The van der Waals surface area contributed by atoms with E-state index in [1.54, 1.807) is 52.7 Å². The van der Waals surface area contributed by atoms with Crippen molar-refractivity contribution >= 4 is 44.4 Å². The number of fused-ring (bicyclic) bond motifs is 4. The number of methoxy groups -OCH3 is 4. The Balaban J connectivity index is 1.46. The Morgan fingerprint density at radius 2 is 1.38 bits per heavy atom. The number of nitrogens with one attached hydrogen (secondary N) is 1. The molecule has 40 heavy (non-hydrogen) atoms. The third kappa shape index (κ3) is 4.19. The molecule has 0 saturated carbocycles.